The molecule has 4 rings (SSSR count). The molecule has 27 heavy (non-hydrogen) atoms. The predicted octanol–water partition coefficient (Wildman–Crippen LogP) is 3.12. The number of carbonyl (C=O) groups is 2. The number of aryl methyl sites for hydroxylation is 1. The van der Waals surface area contributed by atoms with E-state index in [4.69, 9.17) is 9.47 Å². The smallest absolute Gasteiger partial charge is 0.325 e. The number of nitrogens with zero attached hydrogens (tertiary/aromatic N) is 1. The van der Waals surface area contributed by atoms with E-state index in [0.717, 1.165) is 17.5 Å². The highest BCUT2D eigenvalue weighted by Gasteiger charge is 2.49. The Morgan fingerprint density at radius 2 is 1.74 bits per heavy atom. The Hall–Kier alpha value is -3.02. The lowest BCUT2D eigenvalue weighted by Gasteiger charge is -2.23. The number of amides is 3. The first-order valence-electron chi connectivity index (χ1n) is 9.07. The van der Waals surface area contributed by atoms with E-state index in [9.17, 15) is 9.59 Å². The fourth-order valence-electron chi connectivity index (χ4n) is 3.39. The summed E-state index contributed by atoms with van der Waals surface area (Å²) in [6, 6.07) is 12.8. The second-order valence-electron chi connectivity index (χ2n) is 7.14. The molecular formula is C21H22N2O4. The summed E-state index contributed by atoms with van der Waals surface area (Å²) in [5, 5.41) is 2.84. The van der Waals surface area contributed by atoms with E-state index in [1.807, 2.05) is 31.2 Å². The molecule has 0 saturated carbocycles. The van der Waals surface area contributed by atoms with Crippen molar-refractivity contribution < 1.29 is 19.1 Å². The minimum Gasteiger partial charge on any atom is -0.490 e. The summed E-state index contributed by atoms with van der Waals surface area (Å²) in [5.74, 6) is 0.987. The molecule has 0 aromatic heterocycles. The number of nitrogens with one attached hydrogen (secondary N) is 1. The molecule has 0 spiro atoms. The van der Waals surface area contributed by atoms with Crippen LogP contribution in [0.1, 0.15) is 30.0 Å². The zero-order chi connectivity index (χ0) is 19.0. The number of urea groups is 1. The summed E-state index contributed by atoms with van der Waals surface area (Å²) in [5.41, 5.74) is 1.59. The van der Waals surface area contributed by atoms with Gasteiger partial charge in [-0.3, -0.25) is 9.69 Å². The molecule has 0 bridgehead atoms. The van der Waals surface area contributed by atoms with Crippen molar-refractivity contribution in [3.05, 3.63) is 59.2 Å². The summed E-state index contributed by atoms with van der Waals surface area (Å²) in [6.07, 6.45) is 0.807. The van der Waals surface area contributed by atoms with E-state index >= 15 is 0 Å². The number of carbonyl (C=O) groups excluding carboxylic acids is 2. The molecule has 1 unspecified atom stereocenters. The first kappa shape index (κ1) is 17.4. The zero-order valence-electron chi connectivity index (χ0n) is 15.5. The average Bonchev–Trinajstić information content (AvgIpc) is 2.84. The molecule has 1 saturated heterocycles. The summed E-state index contributed by atoms with van der Waals surface area (Å²) in [4.78, 5) is 26.9. The van der Waals surface area contributed by atoms with E-state index in [2.05, 4.69) is 5.32 Å². The van der Waals surface area contributed by atoms with Gasteiger partial charge in [0.05, 0.1) is 19.8 Å². The minimum atomic E-state index is -1.13. The number of fused-ring (bicyclic) bond motifs is 1. The molecule has 6 heteroatoms. The van der Waals surface area contributed by atoms with Crippen LogP contribution in [0.4, 0.5) is 4.79 Å². The Labute approximate surface area is 158 Å². The molecule has 2 aliphatic heterocycles. The molecule has 1 atom stereocenters. The van der Waals surface area contributed by atoms with Gasteiger partial charge in [0.15, 0.2) is 11.5 Å². The van der Waals surface area contributed by atoms with Crippen LogP contribution < -0.4 is 14.8 Å². The van der Waals surface area contributed by atoms with Crippen molar-refractivity contribution in [3.63, 3.8) is 0 Å². The lowest BCUT2D eigenvalue weighted by atomic mass is 9.91. The quantitative estimate of drug-likeness (QED) is 0.848. The van der Waals surface area contributed by atoms with Crippen LogP contribution in [0.15, 0.2) is 42.5 Å². The first-order valence-corrected chi connectivity index (χ1v) is 9.07. The third-order valence-corrected chi connectivity index (χ3v) is 5.06. The molecule has 0 aliphatic carbocycles. The molecule has 1 fully saturated rings. The fourth-order valence-corrected chi connectivity index (χ4v) is 3.39. The molecule has 2 aliphatic rings. The van der Waals surface area contributed by atoms with Crippen molar-refractivity contribution in [1.82, 2.24) is 10.2 Å². The van der Waals surface area contributed by atoms with Crippen molar-refractivity contribution in [2.75, 3.05) is 13.2 Å². The van der Waals surface area contributed by atoms with Crippen LogP contribution in [0.2, 0.25) is 0 Å². The van der Waals surface area contributed by atoms with Gasteiger partial charge in [0.1, 0.15) is 5.54 Å². The van der Waals surface area contributed by atoms with Gasteiger partial charge in [0.25, 0.3) is 5.91 Å². The third kappa shape index (κ3) is 3.12. The van der Waals surface area contributed by atoms with E-state index in [1.54, 1.807) is 25.1 Å². The summed E-state index contributed by atoms with van der Waals surface area (Å²) in [6.45, 7) is 5.13. The lowest BCUT2D eigenvalue weighted by Crippen LogP contribution is -2.40. The van der Waals surface area contributed by atoms with E-state index in [1.165, 1.54) is 4.90 Å². The van der Waals surface area contributed by atoms with Crippen molar-refractivity contribution >= 4 is 11.9 Å². The first-order chi connectivity index (χ1) is 13.0. The van der Waals surface area contributed by atoms with Crippen molar-refractivity contribution in [3.8, 4) is 11.5 Å². The normalized spacial score (nSPS) is 21.8. The molecule has 0 radical (unpaired) electrons. The van der Waals surface area contributed by atoms with Gasteiger partial charge in [0, 0.05) is 6.42 Å². The van der Waals surface area contributed by atoms with Crippen LogP contribution >= 0.6 is 0 Å². The van der Waals surface area contributed by atoms with Crippen LogP contribution in [0.3, 0.4) is 0 Å². The maximum absolute atomic E-state index is 13.1. The minimum absolute atomic E-state index is 0.241. The summed E-state index contributed by atoms with van der Waals surface area (Å²) < 4.78 is 11.4. The maximum atomic E-state index is 13.1. The Bertz CT molecular complexity index is 894. The molecule has 2 aromatic rings. The van der Waals surface area contributed by atoms with Gasteiger partial charge in [-0.25, -0.2) is 4.79 Å². The Balaban J connectivity index is 1.61. The monoisotopic (exact) mass is 366 g/mol. The molecule has 1 N–H and O–H groups in total. The number of imide groups is 1. The highest BCUT2D eigenvalue weighted by Crippen LogP contribution is 2.37. The van der Waals surface area contributed by atoms with Gasteiger partial charge < -0.3 is 14.8 Å². The third-order valence-electron chi connectivity index (χ3n) is 5.06. The van der Waals surface area contributed by atoms with Crippen molar-refractivity contribution in [2.24, 2.45) is 0 Å². The van der Waals surface area contributed by atoms with Gasteiger partial charge in [-0.1, -0.05) is 35.9 Å². The Kier molecular flexibility index (Phi) is 4.26. The summed E-state index contributed by atoms with van der Waals surface area (Å²) >= 11 is 0. The lowest BCUT2D eigenvalue weighted by molar-refractivity contribution is -0.131. The van der Waals surface area contributed by atoms with Crippen LogP contribution in [-0.2, 0) is 16.9 Å². The van der Waals surface area contributed by atoms with E-state index in [0.29, 0.717) is 30.3 Å². The second-order valence-corrected chi connectivity index (χ2v) is 7.14. The zero-order valence-corrected chi connectivity index (χ0v) is 15.5. The Morgan fingerprint density at radius 3 is 2.48 bits per heavy atom. The van der Waals surface area contributed by atoms with Gasteiger partial charge in [-0.05, 0) is 37.1 Å². The Morgan fingerprint density at radius 1 is 1.04 bits per heavy atom. The molecule has 140 valence electrons. The molecule has 3 amide bonds. The van der Waals surface area contributed by atoms with Gasteiger partial charge in [-0.2, -0.15) is 0 Å². The average molecular weight is 366 g/mol. The van der Waals surface area contributed by atoms with Crippen LogP contribution in [0.5, 0.6) is 11.5 Å². The van der Waals surface area contributed by atoms with Gasteiger partial charge >= 0.3 is 6.03 Å². The molecule has 6 nitrogen and oxygen atoms in total. The van der Waals surface area contributed by atoms with Gasteiger partial charge in [-0.15, -0.1) is 0 Å². The topological polar surface area (TPSA) is 67.9 Å². The summed E-state index contributed by atoms with van der Waals surface area (Å²) in [7, 11) is 0. The fraction of sp³-hybridized carbons (Fsp3) is 0.333. The maximum Gasteiger partial charge on any atom is 0.325 e. The van der Waals surface area contributed by atoms with E-state index < -0.39 is 11.6 Å². The SMILES string of the molecule is Cc1ccc(CN2C(=O)NC(C)(c3ccc4c(c3)OCCCO4)C2=O)cc1. The van der Waals surface area contributed by atoms with Crippen LogP contribution in [0.25, 0.3) is 0 Å². The molecule has 2 heterocycles. The van der Waals surface area contributed by atoms with Crippen molar-refractivity contribution in [2.45, 2.75) is 32.4 Å². The second kappa shape index (κ2) is 6.61. The number of hydrogen-bond acceptors (Lipinski definition) is 4. The molecular weight excluding hydrogens is 344 g/mol. The van der Waals surface area contributed by atoms with Crippen molar-refractivity contribution in [1.29, 1.82) is 0 Å². The highest BCUT2D eigenvalue weighted by atomic mass is 16.5. The number of benzene rings is 2. The van der Waals surface area contributed by atoms with Gasteiger partial charge in [0.2, 0.25) is 0 Å². The highest BCUT2D eigenvalue weighted by molar-refractivity contribution is 6.07. The standard InChI is InChI=1S/C21H22N2O4/c1-14-4-6-15(7-5-14)13-23-19(24)21(2,22-20(23)25)16-8-9-17-18(12-16)27-11-3-10-26-17/h4-9,12H,3,10-11,13H2,1-2H3,(H,22,25). The largest absolute Gasteiger partial charge is 0.490 e. The molecule has 2 aromatic carbocycles. The number of ether oxygens (including phenoxy) is 2. The van der Waals surface area contributed by atoms with E-state index in [-0.39, 0.29) is 12.5 Å². The van der Waals surface area contributed by atoms with Crippen LogP contribution in [0, 0.1) is 6.92 Å². The predicted molar refractivity (Wildman–Crippen MR) is 99.7 cm³/mol. The van der Waals surface area contributed by atoms with Crippen LogP contribution in [-0.4, -0.2) is 30.1 Å². The number of hydrogen-bond donors (Lipinski definition) is 1. The number of rotatable bonds is 3.